The van der Waals surface area contributed by atoms with Gasteiger partial charge in [-0.3, -0.25) is 4.98 Å². The Morgan fingerprint density at radius 3 is 2.78 bits per heavy atom. The van der Waals surface area contributed by atoms with Crippen molar-refractivity contribution in [3.63, 3.8) is 0 Å². The van der Waals surface area contributed by atoms with Gasteiger partial charge in [-0.1, -0.05) is 24.3 Å². The number of anilines is 1. The van der Waals surface area contributed by atoms with E-state index in [0.717, 1.165) is 37.3 Å². The first-order valence-corrected chi connectivity index (χ1v) is 8.05. The number of hydrogen-bond donors (Lipinski definition) is 2. The van der Waals surface area contributed by atoms with E-state index in [9.17, 15) is 4.79 Å². The van der Waals surface area contributed by atoms with Gasteiger partial charge in [-0.2, -0.15) is 0 Å². The summed E-state index contributed by atoms with van der Waals surface area (Å²) in [6, 6.07) is 16.3. The van der Waals surface area contributed by atoms with E-state index in [1.807, 2.05) is 41.3 Å². The van der Waals surface area contributed by atoms with Crippen LogP contribution in [-0.4, -0.2) is 41.6 Å². The molecule has 1 aromatic heterocycles. The van der Waals surface area contributed by atoms with Crippen molar-refractivity contribution in [1.29, 1.82) is 0 Å². The van der Waals surface area contributed by atoms with Crippen molar-refractivity contribution in [3.05, 3.63) is 60.4 Å². The predicted molar refractivity (Wildman–Crippen MR) is 91.4 cm³/mol. The van der Waals surface area contributed by atoms with E-state index in [1.165, 1.54) is 0 Å². The molecule has 2 amide bonds. The number of nitrogens with zero attached hydrogens (tertiary/aromatic N) is 2. The number of amides is 2. The number of aromatic nitrogens is 1. The molecule has 1 aliphatic heterocycles. The maximum absolute atomic E-state index is 12.2. The van der Waals surface area contributed by atoms with Crippen LogP contribution in [0.4, 0.5) is 10.5 Å². The molecule has 5 nitrogen and oxygen atoms in total. The number of benzene rings is 1. The van der Waals surface area contributed by atoms with Crippen LogP contribution >= 0.6 is 0 Å². The second-order valence-electron chi connectivity index (χ2n) is 5.74. The average molecular weight is 310 g/mol. The number of likely N-dealkylation sites (tertiary alicyclic amines) is 1. The normalized spacial score (nSPS) is 17.0. The lowest BCUT2D eigenvalue weighted by Gasteiger charge is -2.18. The predicted octanol–water partition coefficient (Wildman–Crippen LogP) is 2.52. The van der Waals surface area contributed by atoms with Crippen molar-refractivity contribution >= 4 is 11.7 Å². The third-order valence-corrected chi connectivity index (χ3v) is 4.00. The minimum absolute atomic E-state index is 0.0123. The van der Waals surface area contributed by atoms with Gasteiger partial charge in [-0.05, 0) is 30.7 Å². The highest BCUT2D eigenvalue weighted by atomic mass is 16.2. The molecule has 3 rings (SSSR count). The van der Waals surface area contributed by atoms with E-state index in [0.29, 0.717) is 12.6 Å². The van der Waals surface area contributed by atoms with Gasteiger partial charge >= 0.3 is 6.03 Å². The molecular formula is C18H22N4O. The number of hydrogen-bond acceptors (Lipinski definition) is 3. The minimum Gasteiger partial charge on any atom is -0.380 e. The Bertz CT molecular complexity index is 617. The lowest BCUT2D eigenvalue weighted by molar-refractivity contribution is 0.208. The van der Waals surface area contributed by atoms with Crippen LogP contribution in [0.15, 0.2) is 54.7 Å². The fourth-order valence-corrected chi connectivity index (χ4v) is 2.79. The van der Waals surface area contributed by atoms with Gasteiger partial charge in [0.2, 0.25) is 0 Å². The van der Waals surface area contributed by atoms with E-state index in [4.69, 9.17) is 0 Å². The molecule has 0 saturated carbocycles. The van der Waals surface area contributed by atoms with E-state index in [-0.39, 0.29) is 6.03 Å². The van der Waals surface area contributed by atoms with Crippen LogP contribution in [0.5, 0.6) is 0 Å². The van der Waals surface area contributed by atoms with Crippen LogP contribution in [0.2, 0.25) is 0 Å². The van der Waals surface area contributed by atoms with Gasteiger partial charge in [0.05, 0.1) is 0 Å². The largest absolute Gasteiger partial charge is 0.380 e. The SMILES string of the molecule is O=C(NCCc1ccccn1)N1CC[C@@H](Nc2ccccc2)C1. The summed E-state index contributed by atoms with van der Waals surface area (Å²) >= 11 is 0. The zero-order valence-electron chi connectivity index (χ0n) is 13.1. The fourth-order valence-electron chi connectivity index (χ4n) is 2.79. The maximum Gasteiger partial charge on any atom is 0.317 e. The number of rotatable bonds is 5. The molecule has 1 saturated heterocycles. The summed E-state index contributed by atoms with van der Waals surface area (Å²) < 4.78 is 0. The molecule has 1 atom stereocenters. The molecular weight excluding hydrogens is 288 g/mol. The monoisotopic (exact) mass is 310 g/mol. The highest BCUT2D eigenvalue weighted by molar-refractivity contribution is 5.74. The molecule has 0 spiro atoms. The molecule has 0 radical (unpaired) electrons. The summed E-state index contributed by atoms with van der Waals surface area (Å²) in [6.45, 7) is 2.15. The van der Waals surface area contributed by atoms with Gasteiger partial charge in [0, 0.05) is 49.7 Å². The summed E-state index contributed by atoms with van der Waals surface area (Å²) in [4.78, 5) is 18.3. The van der Waals surface area contributed by atoms with Crippen molar-refractivity contribution < 1.29 is 4.79 Å². The lowest BCUT2D eigenvalue weighted by Crippen LogP contribution is -2.40. The van der Waals surface area contributed by atoms with E-state index in [1.54, 1.807) is 6.20 Å². The lowest BCUT2D eigenvalue weighted by atomic mass is 10.2. The Morgan fingerprint density at radius 2 is 2.00 bits per heavy atom. The Labute approximate surface area is 136 Å². The summed E-state index contributed by atoms with van der Waals surface area (Å²) in [5, 5.41) is 6.45. The van der Waals surface area contributed by atoms with E-state index < -0.39 is 0 Å². The van der Waals surface area contributed by atoms with Crippen molar-refractivity contribution in [2.24, 2.45) is 0 Å². The first kappa shape index (κ1) is 15.3. The first-order chi connectivity index (χ1) is 11.3. The van der Waals surface area contributed by atoms with Gasteiger partial charge in [0.25, 0.3) is 0 Å². The third kappa shape index (κ3) is 4.45. The standard InChI is InChI=1S/C18H22N4O/c23-18(20-12-9-15-6-4-5-11-19-15)22-13-10-17(14-22)21-16-7-2-1-3-8-16/h1-8,11,17,21H,9-10,12-14H2,(H,20,23)/t17-/m1/s1. The van der Waals surface area contributed by atoms with Gasteiger partial charge in [0.1, 0.15) is 0 Å². The van der Waals surface area contributed by atoms with Crippen LogP contribution in [0.25, 0.3) is 0 Å². The topological polar surface area (TPSA) is 57.3 Å². The van der Waals surface area contributed by atoms with Crippen molar-refractivity contribution in [3.8, 4) is 0 Å². The second kappa shape index (κ2) is 7.63. The molecule has 120 valence electrons. The second-order valence-corrected chi connectivity index (χ2v) is 5.74. The Balaban J connectivity index is 1.41. The van der Waals surface area contributed by atoms with Crippen LogP contribution in [-0.2, 0) is 6.42 Å². The Hall–Kier alpha value is -2.56. The molecule has 0 bridgehead atoms. The van der Waals surface area contributed by atoms with Gasteiger partial charge in [-0.15, -0.1) is 0 Å². The van der Waals surface area contributed by atoms with Crippen LogP contribution < -0.4 is 10.6 Å². The summed E-state index contributed by atoms with van der Waals surface area (Å²) in [7, 11) is 0. The molecule has 2 aromatic rings. The minimum atomic E-state index is 0.0123. The highest BCUT2D eigenvalue weighted by Gasteiger charge is 2.25. The number of carbonyl (C=O) groups is 1. The maximum atomic E-state index is 12.2. The summed E-state index contributed by atoms with van der Waals surface area (Å²) in [6.07, 6.45) is 3.51. The Kier molecular flexibility index (Phi) is 5.09. The molecule has 1 aliphatic rings. The summed E-state index contributed by atoms with van der Waals surface area (Å²) in [5.74, 6) is 0. The molecule has 1 aromatic carbocycles. The molecule has 2 heterocycles. The van der Waals surface area contributed by atoms with Crippen LogP contribution in [0.1, 0.15) is 12.1 Å². The van der Waals surface area contributed by atoms with Gasteiger partial charge in [0.15, 0.2) is 0 Å². The number of pyridine rings is 1. The fraction of sp³-hybridized carbons (Fsp3) is 0.333. The van der Waals surface area contributed by atoms with Crippen LogP contribution in [0.3, 0.4) is 0 Å². The highest BCUT2D eigenvalue weighted by Crippen LogP contribution is 2.15. The number of para-hydroxylation sites is 1. The first-order valence-electron chi connectivity index (χ1n) is 8.05. The molecule has 2 N–H and O–H groups in total. The molecule has 0 aliphatic carbocycles. The van der Waals surface area contributed by atoms with Gasteiger partial charge < -0.3 is 15.5 Å². The average Bonchev–Trinajstić information content (AvgIpc) is 3.05. The van der Waals surface area contributed by atoms with Crippen LogP contribution in [0, 0.1) is 0 Å². The number of carbonyl (C=O) groups excluding carboxylic acids is 1. The van der Waals surface area contributed by atoms with Gasteiger partial charge in [-0.25, -0.2) is 4.79 Å². The number of urea groups is 1. The molecule has 0 unspecified atom stereocenters. The molecule has 5 heteroatoms. The smallest absolute Gasteiger partial charge is 0.317 e. The zero-order valence-corrected chi connectivity index (χ0v) is 13.1. The van der Waals surface area contributed by atoms with E-state index >= 15 is 0 Å². The van der Waals surface area contributed by atoms with Crippen molar-refractivity contribution in [1.82, 2.24) is 15.2 Å². The zero-order chi connectivity index (χ0) is 15.9. The molecule has 23 heavy (non-hydrogen) atoms. The Morgan fingerprint density at radius 1 is 1.17 bits per heavy atom. The molecule has 1 fully saturated rings. The number of nitrogens with one attached hydrogen (secondary N) is 2. The van der Waals surface area contributed by atoms with Crippen molar-refractivity contribution in [2.45, 2.75) is 18.9 Å². The van der Waals surface area contributed by atoms with Crippen molar-refractivity contribution in [2.75, 3.05) is 25.0 Å². The third-order valence-electron chi connectivity index (χ3n) is 4.00. The quantitative estimate of drug-likeness (QED) is 0.892. The van der Waals surface area contributed by atoms with E-state index in [2.05, 4.69) is 27.8 Å². The summed E-state index contributed by atoms with van der Waals surface area (Å²) in [5.41, 5.74) is 2.10.